The number of para-hydroxylation sites is 1. The molecule has 1 saturated heterocycles. The molecular formula is C23H29N3O3. The quantitative estimate of drug-likeness (QED) is 0.755. The van der Waals surface area contributed by atoms with E-state index in [0.717, 1.165) is 18.5 Å². The normalized spacial score (nSPS) is 17.4. The average Bonchev–Trinajstić information content (AvgIpc) is 2.78. The Morgan fingerprint density at radius 2 is 1.90 bits per heavy atom. The van der Waals surface area contributed by atoms with Crippen molar-refractivity contribution in [2.75, 3.05) is 26.2 Å². The van der Waals surface area contributed by atoms with Gasteiger partial charge in [-0.25, -0.2) is 0 Å². The first kappa shape index (κ1) is 20.9. The van der Waals surface area contributed by atoms with Gasteiger partial charge in [0.15, 0.2) is 6.61 Å². The number of amides is 2. The fraction of sp³-hybridized carbons (Fsp3) is 0.391. The maximum absolute atomic E-state index is 13.1. The van der Waals surface area contributed by atoms with Crippen LogP contribution in [0.25, 0.3) is 0 Å². The Labute approximate surface area is 172 Å². The fourth-order valence-corrected chi connectivity index (χ4v) is 3.50. The van der Waals surface area contributed by atoms with E-state index in [1.54, 1.807) is 19.1 Å². The number of piperazine rings is 1. The maximum Gasteiger partial charge on any atom is 0.258 e. The molecule has 2 N–H and O–H groups in total. The molecule has 154 valence electrons. The summed E-state index contributed by atoms with van der Waals surface area (Å²) in [6.07, 6.45) is 0.986. The molecule has 2 unspecified atom stereocenters. The fourth-order valence-electron chi connectivity index (χ4n) is 3.50. The van der Waals surface area contributed by atoms with Crippen LogP contribution in [-0.2, 0) is 16.0 Å². The number of nitrogens with zero attached hydrogens (tertiary/aromatic N) is 1. The molecule has 0 aromatic heterocycles. The molecule has 6 nitrogen and oxygen atoms in total. The number of aryl methyl sites for hydroxylation is 1. The van der Waals surface area contributed by atoms with Crippen molar-refractivity contribution >= 4 is 11.8 Å². The highest BCUT2D eigenvalue weighted by molar-refractivity contribution is 5.88. The van der Waals surface area contributed by atoms with Gasteiger partial charge in [-0.1, -0.05) is 49.4 Å². The molecule has 2 aromatic carbocycles. The number of carbonyl (C=O) groups excluding carboxylic acids is 2. The van der Waals surface area contributed by atoms with Crippen LogP contribution in [0.5, 0.6) is 5.75 Å². The van der Waals surface area contributed by atoms with Gasteiger partial charge in [-0.05, 0) is 36.6 Å². The Hall–Kier alpha value is -2.86. The molecule has 1 aliphatic heterocycles. The lowest BCUT2D eigenvalue weighted by Gasteiger charge is -2.38. The van der Waals surface area contributed by atoms with Crippen LogP contribution >= 0.6 is 0 Å². The Bertz CT molecular complexity index is 808. The number of rotatable bonds is 7. The third-order valence-electron chi connectivity index (χ3n) is 5.16. The van der Waals surface area contributed by atoms with E-state index in [4.69, 9.17) is 4.74 Å². The summed E-state index contributed by atoms with van der Waals surface area (Å²) in [5, 5.41) is 6.13. The second-order valence-electron chi connectivity index (χ2n) is 7.24. The van der Waals surface area contributed by atoms with Crippen LogP contribution in [-0.4, -0.2) is 49.0 Å². The molecule has 0 radical (unpaired) electrons. The third-order valence-corrected chi connectivity index (χ3v) is 5.16. The minimum atomic E-state index is -0.614. The van der Waals surface area contributed by atoms with E-state index in [2.05, 4.69) is 41.8 Å². The molecule has 2 amide bonds. The highest BCUT2D eigenvalue weighted by Gasteiger charge is 2.31. The molecule has 0 aliphatic carbocycles. The summed E-state index contributed by atoms with van der Waals surface area (Å²) in [5.74, 6) is 0.233. The Morgan fingerprint density at radius 1 is 1.17 bits per heavy atom. The van der Waals surface area contributed by atoms with E-state index in [9.17, 15) is 9.59 Å². The van der Waals surface area contributed by atoms with Gasteiger partial charge in [0, 0.05) is 19.6 Å². The van der Waals surface area contributed by atoms with Gasteiger partial charge in [-0.2, -0.15) is 0 Å². The van der Waals surface area contributed by atoms with Crippen LogP contribution in [0.3, 0.4) is 0 Å². The lowest BCUT2D eigenvalue weighted by atomic mass is 10.00. The van der Waals surface area contributed by atoms with Crippen molar-refractivity contribution in [3.8, 4) is 5.75 Å². The summed E-state index contributed by atoms with van der Waals surface area (Å²) in [6, 6.07) is 16.9. The van der Waals surface area contributed by atoms with E-state index in [0.29, 0.717) is 18.8 Å². The molecule has 2 atom stereocenters. The van der Waals surface area contributed by atoms with Gasteiger partial charge in [0.25, 0.3) is 5.91 Å². The van der Waals surface area contributed by atoms with Crippen molar-refractivity contribution in [2.24, 2.45) is 0 Å². The first-order chi connectivity index (χ1) is 14.1. The molecule has 2 aromatic rings. The minimum absolute atomic E-state index is 0.0397. The molecule has 1 aliphatic rings. The van der Waals surface area contributed by atoms with Crippen LogP contribution < -0.4 is 15.4 Å². The van der Waals surface area contributed by atoms with Gasteiger partial charge in [0.1, 0.15) is 11.8 Å². The van der Waals surface area contributed by atoms with Crippen molar-refractivity contribution < 1.29 is 14.3 Å². The monoisotopic (exact) mass is 395 g/mol. The zero-order chi connectivity index (χ0) is 20.6. The molecule has 1 heterocycles. The van der Waals surface area contributed by atoms with Gasteiger partial charge in [0.05, 0.1) is 6.04 Å². The van der Waals surface area contributed by atoms with E-state index in [1.807, 2.05) is 23.1 Å². The Morgan fingerprint density at radius 3 is 2.59 bits per heavy atom. The van der Waals surface area contributed by atoms with E-state index in [-0.39, 0.29) is 24.5 Å². The van der Waals surface area contributed by atoms with Gasteiger partial charge < -0.3 is 20.3 Å². The summed E-state index contributed by atoms with van der Waals surface area (Å²) < 4.78 is 5.46. The van der Waals surface area contributed by atoms with Gasteiger partial charge >= 0.3 is 0 Å². The highest BCUT2D eigenvalue weighted by atomic mass is 16.5. The van der Waals surface area contributed by atoms with E-state index < -0.39 is 6.04 Å². The van der Waals surface area contributed by atoms with Crippen LogP contribution in [0.1, 0.15) is 31.0 Å². The summed E-state index contributed by atoms with van der Waals surface area (Å²) in [4.78, 5) is 27.1. The number of hydrogen-bond donors (Lipinski definition) is 2. The lowest BCUT2D eigenvalue weighted by molar-refractivity contribution is -0.139. The van der Waals surface area contributed by atoms with Crippen molar-refractivity contribution in [3.05, 3.63) is 65.7 Å². The lowest BCUT2D eigenvalue weighted by Crippen LogP contribution is -2.54. The first-order valence-electron chi connectivity index (χ1n) is 10.2. The minimum Gasteiger partial charge on any atom is -0.484 e. The number of hydrogen-bond acceptors (Lipinski definition) is 4. The van der Waals surface area contributed by atoms with Crippen LogP contribution in [0.15, 0.2) is 54.6 Å². The van der Waals surface area contributed by atoms with Gasteiger partial charge in [-0.3, -0.25) is 9.59 Å². The third kappa shape index (κ3) is 5.57. The largest absolute Gasteiger partial charge is 0.484 e. The molecular weight excluding hydrogens is 366 g/mol. The van der Waals surface area contributed by atoms with E-state index in [1.165, 1.54) is 5.56 Å². The molecule has 0 saturated carbocycles. The van der Waals surface area contributed by atoms with Crippen molar-refractivity contribution in [1.82, 2.24) is 15.5 Å². The standard InChI is InChI=1S/C23H29N3O3/c1-3-18-9-11-19(12-10-18)21-15-24-13-14-26(21)23(28)17(2)25-22(27)16-29-20-7-5-4-6-8-20/h4-12,17,21,24H,3,13-16H2,1-2H3,(H,25,27). The summed E-state index contributed by atoms with van der Waals surface area (Å²) in [5.41, 5.74) is 2.38. The van der Waals surface area contributed by atoms with Crippen molar-refractivity contribution in [2.45, 2.75) is 32.4 Å². The molecule has 29 heavy (non-hydrogen) atoms. The SMILES string of the molecule is CCc1ccc(C2CNCCN2C(=O)C(C)NC(=O)COc2ccccc2)cc1. The van der Waals surface area contributed by atoms with E-state index >= 15 is 0 Å². The summed E-state index contributed by atoms with van der Waals surface area (Å²) >= 11 is 0. The molecule has 0 bridgehead atoms. The highest BCUT2D eigenvalue weighted by Crippen LogP contribution is 2.23. The molecule has 0 spiro atoms. The second kappa shape index (κ2) is 10.1. The van der Waals surface area contributed by atoms with Crippen LogP contribution in [0, 0.1) is 0 Å². The Balaban J connectivity index is 1.59. The van der Waals surface area contributed by atoms with Crippen LogP contribution in [0.4, 0.5) is 0 Å². The molecule has 6 heteroatoms. The average molecular weight is 396 g/mol. The number of ether oxygens (including phenoxy) is 1. The predicted molar refractivity (Wildman–Crippen MR) is 113 cm³/mol. The zero-order valence-electron chi connectivity index (χ0n) is 17.1. The smallest absolute Gasteiger partial charge is 0.258 e. The van der Waals surface area contributed by atoms with Crippen LogP contribution in [0.2, 0.25) is 0 Å². The molecule has 1 fully saturated rings. The number of benzene rings is 2. The Kier molecular flexibility index (Phi) is 7.25. The number of carbonyl (C=O) groups is 2. The number of nitrogens with one attached hydrogen (secondary N) is 2. The van der Waals surface area contributed by atoms with Crippen molar-refractivity contribution in [3.63, 3.8) is 0 Å². The predicted octanol–water partition coefficient (Wildman–Crippen LogP) is 2.31. The zero-order valence-corrected chi connectivity index (χ0v) is 17.1. The van der Waals surface area contributed by atoms with Crippen molar-refractivity contribution in [1.29, 1.82) is 0 Å². The van der Waals surface area contributed by atoms with Gasteiger partial charge in [-0.15, -0.1) is 0 Å². The topological polar surface area (TPSA) is 70.7 Å². The van der Waals surface area contributed by atoms with Gasteiger partial charge in [0.2, 0.25) is 5.91 Å². The second-order valence-corrected chi connectivity index (χ2v) is 7.24. The maximum atomic E-state index is 13.1. The summed E-state index contributed by atoms with van der Waals surface area (Å²) in [6.45, 7) is 5.79. The summed E-state index contributed by atoms with van der Waals surface area (Å²) in [7, 11) is 0. The first-order valence-corrected chi connectivity index (χ1v) is 10.2. The molecule has 3 rings (SSSR count).